The lowest BCUT2D eigenvalue weighted by molar-refractivity contribution is 0.00578. The summed E-state index contributed by atoms with van der Waals surface area (Å²) < 4.78 is 13.7. The summed E-state index contributed by atoms with van der Waals surface area (Å²) in [5.41, 5.74) is 24.1. The van der Waals surface area contributed by atoms with Gasteiger partial charge in [-0.05, 0) is 195 Å². The molecule has 494 valence electrons. The normalized spacial score (nSPS) is 14.4. The van der Waals surface area contributed by atoms with Crippen LogP contribution in [0.25, 0.3) is 99.2 Å². The van der Waals surface area contributed by atoms with E-state index in [-0.39, 0.29) is 0 Å². The van der Waals surface area contributed by atoms with Gasteiger partial charge >= 0.3 is 7.12 Å². The van der Waals surface area contributed by atoms with Gasteiger partial charge in [0.1, 0.15) is 0 Å². The number of nitriles is 2. The zero-order valence-corrected chi connectivity index (χ0v) is 59.5. The molecule has 0 bridgehead atoms. The molecule has 104 heavy (non-hydrogen) atoms. The van der Waals surface area contributed by atoms with Crippen molar-refractivity contribution in [2.24, 2.45) is 0 Å². The van der Waals surface area contributed by atoms with E-state index in [0.29, 0.717) is 11.1 Å². The fourth-order valence-electron chi connectivity index (χ4n) is 16.1. The van der Waals surface area contributed by atoms with Crippen molar-refractivity contribution in [2.45, 2.75) is 49.7 Å². The van der Waals surface area contributed by atoms with Gasteiger partial charge in [0, 0.05) is 37.1 Å². The summed E-state index contributed by atoms with van der Waals surface area (Å²) in [7, 11) is -0.413. The minimum atomic E-state index is -0.481. The fourth-order valence-corrected chi connectivity index (χ4v) is 16.3. The lowest BCUT2D eigenvalue weighted by atomic mass is 9.67. The maximum Gasteiger partial charge on any atom is 0.494 e. The first-order chi connectivity index (χ1) is 50.9. The number of nitrogens with zero attached hydrogens (tertiary/aromatic N) is 4. The third-order valence-electron chi connectivity index (χ3n) is 21.7. The summed E-state index contributed by atoms with van der Waals surface area (Å²) in [6, 6.07) is 125. The molecule has 0 spiro atoms. The van der Waals surface area contributed by atoms with Crippen molar-refractivity contribution in [3.05, 3.63) is 400 Å². The van der Waals surface area contributed by atoms with Crippen LogP contribution >= 0.6 is 15.9 Å². The molecule has 16 aromatic rings. The first kappa shape index (κ1) is 65.2. The molecule has 0 amide bonds. The number of para-hydroxylation sites is 2. The molecule has 3 heterocycles. The third-order valence-corrected chi connectivity index (χ3v) is 22.3. The van der Waals surface area contributed by atoms with E-state index in [0.717, 1.165) is 76.2 Å². The maximum absolute atomic E-state index is 9.24. The maximum atomic E-state index is 9.24. The van der Waals surface area contributed by atoms with Crippen LogP contribution in [0.1, 0.15) is 83.3 Å². The summed E-state index contributed by atoms with van der Waals surface area (Å²) in [5, 5.41) is 24.6. The Morgan fingerprint density at radius 3 is 1.03 bits per heavy atom. The Balaban J connectivity index is 0.000000137. The Morgan fingerprint density at radius 2 is 0.635 bits per heavy atom. The topological polar surface area (TPSA) is 91.8 Å². The Bertz CT molecular complexity index is 5960. The molecule has 8 heteroatoms. The Labute approximate surface area is 615 Å². The van der Waals surface area contributed by atoms with Gasteiger partial charge in [-0.3, -0.25) is 0 Å². The van der Waals surface area contributed by atoms with E-state index >= 15 is 0 Å². The van der Waals surface area contributed by atoms with E-state index in [1.54, 1.807) is 12.1 Å². The third kappa shape index (κ3) is 10.9. The van der Waals surface area contributed by atoms with Gasteiger partial charge in [0.2, 0.25) is 0 Å². The van der Waals surface area contributed by atoms with E-state index in [9.17, 15) is 5.26 Å². The van der Waals surface area contributed by atoms with Gasteiger partial charge in [-0.25, -0.2) is 9.97 Å². The number of hydrogen-bond donors (Lipinski definition) is 0. The number of rotatable bonds is 8. The highest BCUT2D eigenvalue weighted by atomic mass is 79.9. The number of halogens is 1. The van der Waals surface area contributed by atoms with Crippen molar-refractivity contribution in [3.8, 4) is 68.0 Å². The van der Waals surface area contributed by atoms with Crippen LogP contribution in [-0.4, -0.2) is 28.3 Å². The van der Waals surface area contributed by atoms with Crippen LogP contribution in [0, 0.1) is 22.7 Å². The van der Waals surface area contributed by atoms with E-state index < -0.39 is 29.2 Å². The lowest BCUT2D eigenvalue weighted by Gasteiger charge is -2.34. The fraction of sp³-hybridized carbons (Fsp3) is 0.0833. The van der Waals surface area contributed by atoms with Crippen LogP contribution in [0.5, 0.6) is 0 Å². The van der Waals surface area contributed by atoms with Crippen molar-refractivity contribution in [1.29, 1.82) is 10.5 Å². The molecule has 2 aliphatic carbocycles. The average Bonchev–Trinajstić information content (AvgIpc) is 1.52. The molecule has 0 saturated carbocycles. The zero-order chi connectivity index (χ0) is 70.7. The molecule has 1 aliphatic heterocycles. The summed E-state index contributed by atoms with van der Waals surface area (Å²) in [6.07, 6.45) is 0. The number of pyridine rings is 2. The van der Waals surface area contributed by atoms with E-state index in [4.69, 9.17) is 24.5 Å². The number of benzene rings is 14. The largest absolute Gasteiger partial charge is 0.494 e. The quantitative estimate of drug-likeness (QED) is 0.111. The minimum absolute atomic E-state index is 0.394. The lowest BCUT2D eigenvalue weighted by Crippen LogP contribution is -2.41. The van der Waals surface area contributed by atoms with Gasteiger partial charge in [-0.2, -0.15) is 10.5 Å². The highest BCUT2D eigenvalue weighted by Crippen LogP contribution is 2.60. The Morgan fingerprint density at radius 1 is 0.308 bits per heavy atom. The standard InChI is InChI=1S/C45H28N2.C44H36BNO2.C7H4BrN/c46-29-30-19-21-31(22-20-30)32-23-25-33(26-24-32)44-40-28-42-39(27-38(40)37-16-8-10-18-43(37)47-44)36-15-7-9-17-41(36)45(42,34-11-3-1-4-12-34)35-13-5-2-6-14-35;1-42(2)43(3,4)48-45(47-42)32-25-23-29(24-26-32)41-37-28-39-36(27-35(37)34-20-12-14-22-40(34)46-41)33-19-11-13-21-38(33)44(39,30-15-7-5-8-16-30)31-17-9-6-10-18-31;8-7-3-1-6(5-9)2-4-7/h1-28H;5-28H,1-4H3;1-4H. The molecular formula is C96H68BBrN4O2. The van der Waals surface area contributed by atoms with Gasteiger partial charge in [0.25, 0.3) is 0 Å². The van der Waals surface area contributed by atoms with Crippen LogP contribution in [0.3, 0.4) is 0 Å². The minimum Gasteiger partial charge on any atom is -0.399 e. The van der Waals surface area contributed by atoms with Crippen LogP contribution in [0.15, 0.2) is 344 Å². The molecule has 1 saturated heterocycles. The van der Waals surface area contributed by atoms with Crippen molar-refractivity contribution in [1.82, 2.24) is 9.97 Å². The molecule has 0 unspecified atom stereocenters. The van der Waals surface area contributed by atoms with Gasteiger partial charge in [-0.1, -0.05) is 283 Å². The van der Waals surface area contributed by atoms with Crippen LogP contribution < -0.4 is 5.46 Å². The van der Waals surface area contributed by atoms with Crippen molar-refractivity contribution in [3.63, 3.8) is 0 Å². The second-order valence-corrected chi connectivity index (χ2v) is 28.9. The number of fused-ring (bicyclic) bond motifs is 12. The molecule has 0 atom stereocenters. The average molecular weight is 1400 g/mol. The highest BCUT2D eigenvalue weighted by Gasteiger charge is 2.52. The first-order valence-corrected chi connectivity index (χ1v) is 36.0. The van der Waals surface area contributed by atoms with Gasteiger partial charge in [0.05, 0.1) is 67.7 Å². The van der Waals surface area contributed by atoms with Gasteiger partial charge in [0.15, 0.2) is 0 Å². The Hall–Kier alpha value is -12.1. The SMILES string of the molecule is CC1(C)OB(c2ccc(-c3nc4ccccc4c4cc5c(cc34)C(c3ccccc3)(c3ccccc3)c3ccccc3-5)cc2)OC1(C)C.N#Cc1ccc(-c2ccc(-c3nc4ccccc4c4cc5c(cc34)C(c3ccccc3)(c3ccccc3)c3ccccc3-5)cc2)cc1.N#Cc1ccc(Br)cc1. The van der Waals surface area contributed by atoms with Crippen molar-refractivity contribution in [2.75, 3.05) is 0 Å². The predicted octanol–water partition coefficient (Wildman–Crippen LogP) is 23.0. The molecule has 19 rings (SSSR count). The molecule has 2 aromatic heterocycles. The Kier molecular flexibility index (Phi) is 16.5. The van der Waals surface area contributed by atoms with E-state index in [1.165, 1.54) is 77.5 Å². The molecule has 0 radical (unpaired) electrons. The summed E-state index contributed by atoms with van der Waals surface area (Å²) in [4.78, 5) is 10.7. The molecule has 0 N–H and O–H groups in total. The van der Waals surface area contributed by atoms with E-state index in [1.807, 2.05) is 42.5 Å². The van der Waals surface area contributed by atoms with E-state index in [2.05, 4.69) is 341 Å². The summed E-state index contributed by atoms with van der Waals surface area (Å²) >= 11 is 3.27. The first-order valence-electron chi connectivity index (χ1n) is 35.2. The monoisotopic (exact) mass is 1400 g/mol. The van der Waals surface area contributed by atoms with Crippen LogP contribution in [0.4, 0.5) is 0 Å². The molecular weight excluding hydrogens is 1330 g/mol. The number of aromatic nitrogens is 2. The predicted molar refractivity (Wildman–Crippen MR) is 429 cm³/mol. The van der Waals surface area contributed by atoms with Crippen LogP contribution in [0.2, 0.25) is 0 Å². The molecule has 3 aliphatic rings. The highest BCUT2D eigenvalue weighted by molar-refractivity contribution is 9.10. The molecule has 1 fully saturated rings. The number of hydrogen-bond acceptors (Lipinski definition) is 6. The smallest absolute Gasteiger partial charge is 0.399 e. The second kappa shape index (κ2) is 26.4. The second-order valence-electron chi connectivity index (χ2n) is 28.0. The van der Waals surface area contributed by atoms with Crippen molar-refractivity contribution < 1.29 is 9.31 Å². The molecule has 6 nitrogen and oxygen atoms in total. The van der Waals surface area contributed by atoms with Crippen LogP contribution in [-0.2, 0) is 20.1 Å². The summed E-state index contributed by atoms with van der Waals surface area (Å²) in [6.45, 7) is 8.37. The van der Waals surface area contributed by atoms with Gasteiger partial charge < -0.3 is 9.31 Å². The van der Waals surface area contributed by atoms with Gasteiger partial charge in [-0.15, -0.1) is 0 Å². The zero-order valence-electron chi connectivity index (χ0n) is 57.9. The summed E-state index contributed by atoms with van der Waals surface area (Å²) in [5.74, 6) is 0. The molecule has 14 aromatic carbocycles. The van der Waals surface area contributed by atoms with Crippen molar-refractivity contribution >= 4 is 71.9 Å².